The highest BCUT2D eigenvalue weighted by Crippen LogP contribution is 2.38. The van der Waals surface area contributed by atoms with E-state index in [2.05, 4.69) is 43.5 Å². The number of aryl methyl sites for hydroxylation is 2. The van der Waals surface area contributed by atoms with Crippen molar-refractivity contribution in [3.63, 3.8) is 0 Å². The molecule has 3 heteroatoms. The molecule has 1 heterocycles. The summed E-state index contributed by atoms with van der Waals surface area (Å²) in [6.07, 6.45) is 4.53. The third-order valence-corrected chi connectivity index (χ3v) is 4.83. The topological polar surface area (TPSA) is 43.8 Å². The lowest BCUT2D eigenvalue weighted by Crippen LogP contribution is -2.42. The van der Waals surface area contributed by atoms with Gasteiger partial charge in [-0.05, 0) is 63.1 Å². The van der Waals surface area contributed by atoms with E-state index in [4.69, 9.17) is 10.7 Å². The smallest absolute Gasteiger partial charge is 0.130 e. The number of fused-ring (bicyclic) bond motifs is 1. The molecule has 3 nitrogen and oxygen atoms in total. The van der Waals surface area contributed by atoms with Gasteiger partial charge in [0.2, 0.25) is 0 Å². The lowest BCUT2D eigenvalue weighted by Gasteiger charge is -2.35. The monoisotopic (exact) mass is 271 g/mol. The van der Waals surface area contributed by atoms with E-state index in [0.717, 1.165) is 36.6 Å². The van der Waals surface area contributed by atoms with Gasteiger partial charge in [-0.1, -0.05) is 13.0 Å². The number of rotatable bonds is 2. The van der Waals surface area contributed by atoms with Gasteiger partial charge in [-0.2, -0.15) is 0 Å². The summed E-state index contributed by atoms with van der Waals surface area (Å²) in [7, 11) is 0. The van der Waals surface area contributed by atoms with Crippen molar-refractivity contribution < 1.29 is 0 Å². The van der Waals surface area contributed by atoms with E-state index in [9.17, 15) is 0 Å². The van der Waals surface area contributed by atoms with E-state index in [1.807, 2.05) is 0 Å². The van der Waals surface area contributed by atoms with Crippen molar-refractivity contribution in [1.82, 2.24) is 9.55 Å². The number of aromatic nitrogens is 2. The molecule has 20 heavy (non-hydrogen) atoms. The summed E-state index contributed by atoms with van der Waals surface area (Å²) in [5.74, 6) is 1.89. The Morgan fingerprint density at radius 1 is 1.35 bits per heavy atom. The molecule has 1 aromatic carbocycles. The Morgan fingerprint density at radius 2 is 2.05 bits per heavy atom. The maximum Gasteiger partial charge on any atom is 0.130 e. The lowest BCUT2D eigenvalue weighted by atomic mass is 9.77. The number of imidazole rings is 1. The number of hydrogen-bond acceptors (Lipinski definition) is 2. The molecule has 0 unspecified atom stereocenters. The van der Waals surface area contributed by atoms with Crippen molar-refractivity contribution in [1.29, 1.82) is 0 Å². The molecule has 0 spiro atoms. The van der Waals surface area contributed by atoms with Crippen LogP contribution in [-0.4, -0.2) is 9.55 Å². The summed E-state index contributed by atoms with van der Waals surface area (Å²) < 4.78 is 2.31. The first-order valence-corrected chi connectivity index (χ1v) is 7.80. The zero-order valence-corrected chi connectivity index (χ0v) is 12.8. The van der Waals surface area contributed by atoms with Crippen molar-refractivity contribution in [2.24, 2.45) is 11.7 Å². The summed E-state index contributed by atoms with van der Waals surface area (Å²) in [4.78, 5) is 4.90. The van der Waals surface area contributed by atoms with Gasteiger partial charge in [0.05, 0.1) is 16.6 Å². The van der Waals surface area contributed by atoms with E-state index in [1.54, 1.807) is 0 Å². The number of nitrogens with two attached hydrogens (primary N) is 1. The third-order valence-electron chi connectivity index (χ3n) is 4.83. The van der Waals surface area contributed by atoms with Gasteiger partial charge in [-0.25, -0.2) is 4.98 Å². The first-order chi connectivity index (χ1) is 9.53. The summed E-state index contributed by atoms with van der Waals surface area (Å²) in [6.45, 7) is 7.55. The SMILES string of the molecule is CCn1c(C2(N)CCC(C)CC2)nc2cc(C)ccc21. The molecule has 1 saturated carbocycles. The highest BCUT2D eigenvalue weighted by atomic mass is 15.1. The van der Waals surface area contributed by atoms with Crippen LogP contribution in [0.15, 0.2) is 18.2 Å². The Balaban J connectivity index is 2.10. The van der Waals surface area contributed by atoms with E-state index in [-0.39, 0.29) is 5.54 Å². The third kappa shape index (κ3) is 2.14. The van der Waals surface area contributed by atoms with Crippen molar-refractivity contribution in [3.8, 4) is 0 Å². The van der Waals surface area contributed by atoms with Gasteiger partial charge in [-0.3, -0.25) is 0 Å². The minimum absolute atomic E-state index is 0.241. The molecule has 1 aromatic heterocycles. The summed E-state index contributed by atoms with van der Waals surface area (Å²) in [5, 5.41) is 0. The molecule has 2 N–H and O–H groups in total. The predicted molar refractivity (Wildman–Crippen MR) is 83.6 cm³/mol. The standard InChI is InChI=1S/C17H25N3/c1-4-20-15-6-5-13(3)11-14(15)19-16(20)17(18)9-7-12(2)8-10-17/h5-6,11-12H,4,7-10,18H2,1-3H3. The molecule has 1 aliphatic rings. The highest BCUT2D eigenvalue weighted by Gasteiger charge is 2.36. The number of hydrogen-bond donors (Lipinski definition) is 1. The van der Waals surface area contributed by atoms with Crippen molar-refractivity contribution in [3.05, 3.63) is 29.6 Å². The zero-order valence-electron chi connectivity index (χ0n) is 12.8. The molecule has 0 radical (unpaired) electrons. The Morgan fingerprint density at radius 3 is 2.70 bits per heavy atom. The van der Waals surface area contributed by atoms with Crippen LogP contribution in [0.4, 0.5) is 0 Å². The molecule has 1 fully saturated rings. The summed E-state index contributed by atoms with van der Waals surface area (Å²) in [5.41, 5.74) is 10.1. The Kier molecular flexibility index (Phi) is 3.33. The fraction of sp³-hybridized carbons (Fsp3) is 0.588. The lowest BCUT2D eigenvalue weighted by molar-refractivity contribution is 0.232. The molecular weight excluding hydrogens is 246 g/mol. The maximum absolute atomic E-state index is 6.74. The van der Waals surface area contributed by atoms with Gasteiger partial charge in [0, 0.05) is 6.54 Å². The molecule has 2 aromatic rings. The molecular formula is C17H25N3. The molecule has 0 bridgehead atoms. The van der Waals surface area contributed by atoms with Gasteiger partial charge < -0.3 is 10.3 Å². The second-order valence-corrected chi connectivity index (χ2v) is 6.51. The normalized spacial score (nSPS) is 27.1. The predicted octanol–water partition coefficient (Wildman–Crippen LogP) is 3.73. The fourth-order valence-electron chi connectivity index (χ4n) is 3.44. The van der Waals surface area contributed by atoms with Gasteiger partial charge in [0.15, 0.2) is 0 Å². The van der Waals surface area contributed by atoms with Crippen LogP contribution in [0.3, 0.4) is 0 Å². The van der Waals surface area contributed by atoms with Crippen LogP contribution >= 0.6 is 0 Å². The van der Waals surface area contributed by atoms with Crippen LogP contribution in [-0.2, 0) is 12.1 Å². The summed E-state index contributed by atoms with van der Waals surface area (Å²) in [6, 6.07) is 6.51. The van der Waals surface area contributed by atoms with Crippen LogP contribution in [0.25, 0.3) is 11.0 Å². The quantitative estimate of drug-likeness (QED) is 0.904. The molecule has 0 atom stereocenters. The molecule has 0 amide bonds. The molecule has 1 aliphatic carbocycles. The average Bonchev–Trinajstić information content (AvgIpc) is 2.80. The average molecular weight is 271 g/mol. The fourth-order valence-corrected chi connectivity index (χ4v) is 3.44. The van der Waals surface area contributed by atoms with E-state index >= 15 is 0 Å². The summed E-state index contributed by atoms with van der Waals surface area (Å²) >= 11 is 0. The van der Waals surface area contributed by atoms with Crippen LogP contribution < -0.4 is 5.73 Å². The molecule has 3 rings (SSSR count). The van der Waals surface area contributed by atoms with Crippen molar-refractivity contribution >= 4 is 11.0 Å². The van der Waals surface area contributed by atoms with E-state index in [0.29, 0.717) is 0 Å². The second kappa shape index (κ2) is 4.88. The zero-order chi connectivity index (χ0) is 14.3. The number of benzene rings is 1. The Hall–Kier alpha value is -1.35. The number of nitrogens with zero attached hydrogens (tertiary/aromatic N) is 2. The molecule has 0 saturated heterocycles. The van der Waals surface area contributed by atoms with Crippen LogP contribution in [0, 0.1) is 12.8 Å². The highest BCUT2D eigenvalue weighted by molar-refractivity contribution is 5.77. The van der Waals surface area contributed by atoms with Crippen LogP contribution in [0.1, 0.15) is 50.9 Å². The minimum atomic E-state index is -0.241. The van der Waals surface area contributed by atoms with Gasteiger partial charge in [0.25, 0.3) is 0 Å². The van der Waals surface area contributed by atoms with E-state index in [1.165, 1.54) is 23.9 Å². The first kappa shape index (κ1) is 13.6. The maximum atomic E-state index is 6.74. The largest absolute Gasteiger partial charge is 0.327 e. The van der Waals surface area contributed by atoms with Crippen molar-refractivity contribution in [2.45, 2.75) is 58.5 Å². The molecule has 108 valence electrons. The van der Waals surface area contributed by atoms with Gasteiger partial charge in [-0.15, -0.1) is 0 Å². The Bertz CT molecular complexity index is 618. The van der Waals surface area contributed by atoms with Crippen LogP contribution in [0.5, 0.6) is 0 Å². The van der Waals surface area contributed by atoms with Crippen LogP contribution in [0.2, 0.25) is 0 Å². The molecule has 0 aliphatic heterocycles. The van der Waals surface area contributed by atoms with Gasteiger partial charge in [0.1, 0.15) is 5.82 Å². The first-order valence-electron chi connectivity index (χ1n) is 7.80. The van der Waals surface area contributed by atoms with E-state index < -0.39 is 0 Å². The minimum Gasteiger partial charge on any atom is -0.327 e. The Labute approximate surface area is 121 Å². The van der Waals surface area contributed by atoms with Gasteiger partial charge >= 0.3 is 0 Å². The van der Waals surface area contributed by atoms with Crippen molar-refractivity contribution in [2.75, 3.05) is 0 Å². The second-order valence-electron chi connectivity index (χ2n) is 6.51.